The summed E-state index contributed by atoms with van der Waals surface area (Å²) in [4.78, 5) is 27.4. The van der Waals surface area contributed by atoms with Crippen LogP contribution in [-0.2, 0) is 11.2 Å². The molecule has 0 saturated heterocycles. The summed E-state index contributed by atoms with van der Waals surface area (Å²) in [5, 5.41) is 14.9. The molecule has 1 rings (SSSR count). The first-order valence-corrected chi connectivity index (χ1v) is 5.67. The number of aliphatic carboxylic acids is 1. The van der Waals surface area contributed by atoms with Gasteiger partial charge in [0.2, 0.25) is 5.89 Å². The first-order valence-electron chi connectivity index (χ1n) is 5.67. The van der Waals surface area contributed by atoms with E-state index in [4.69, 9.17) is 9.63 Å². The van der Waals surface area contributed by atoms with E-state index in [-0.39, 0.29) is 19.6 Å². The summed E-state index contributed by atoms with van der Waals surface area (Å²) in [5.41, 5.74) is 0. The highest BCUT2D eigenvalue weighted by molar-refractivity contribution is 5.80. The lowest BCUT2D eigenvalue weighted by molar-refractivity contribution is -0.137. The second-order valence-corrected chi connectivity index (χ2v) is 3.78. The van der Waals surface area contributed by atoms with Gasteiger partial charge in [-0.2, -0.15) is 4.98 Å². The van der Waals surface area contributed by atoms with Gasteiger partial charge < -0.3 is 19.8 Å². The normalized spacial score (nSPS) is 9.95. The fourth-order valence-electron chi connectivity index (χ4n) is 1.37. The van der Waals surface area contributed by atoms with Gasteiger partial charge in [-0.25, -0.2) is 4.79 Å². The molecule has 0 aliphatic heterocycles. The molecule has 1 heterocycles. The Labute approximate surface area is 110 Å². The van der Waals surface area contributed by atoms with Crippen LogP contribution in [0.25, 0.3) is 0 Å². The van der Waals surface area contributed by atoms with Crippen molar-refractivity contribution in [2.45, 2.75) is 13.3 Å². The molecule has 8 nitrogen and oxygen atoms in total. The Hall–Kier alpha value is -2.38. The van der Waals surface area contributed by atoms with E-state index in [0.29, 0.717) is 18.1 Å². The Morgan fingerprint density at radius 3 is 2.84 bits per heavy atom. The number of urea groups is 1. The molecule has 8 heteroatoms. The molecule has 0 spiro atoms. The van der Waals surface area contributed by atoms with Gasteiger partial charge in [0.1, 0.15) is 6.54 Å². The zero-order valence-electron chi connectivity index (χ0n) is 10.6. The molecule has 1 aromatic heterocycles. The lowest BCUT2D eigenvalue weighted by Crippen LogP contribution is -2.43. The number of rotatable bonds is 7. The van der Waals surface area contributed by atoms with Gasteiger partial charge in [-0.05, 0) is 6.92 Å². The monoisotopic (exact) mass is 268 g/mol. The number of carboxylic acids is 1. The minimum absolute atomic E-state index is 0.164. The van der Waals surface area contributed by atoms with Gasteiger partial charge >= 0.3 is 12.0 Å². The Kier molecular flexibility index (Phi) is 5.52. The van der Waals surface area contributed by atoms with Crippen LogP contribution < -0.4 is 5.32 Å². The second-order valence-electron chi connectivity index (χ2n) is 3.78. The number of aryl methyl sites for hydroxylation is 1. The van der Waals surface area contributed by atoms with Crippen LogP contribution in [0.1, 0.15) is 11.7 Å². The Morgan fingerprint density at radius 1 is 1.58 bits per heavy atom. The predicted molar refractivity (Wildman–Crippen MR) is 65.5 cm³/mol. The summed E-state index contributed by atoms with van der Waals surface area (Å²) in [6, 6.07) is -0.474. The molecule has 19 heavy (non-hydrogen) atoms. The van der Waals surface area contributed by atoms with Crippen molar-refractivity contribution in [1.82, 2.24) is 20.4 Å². The van der Waals surface area contributed by atoms with E-state index < -0.39 is 12.0 Å². The smallest absolute Gasteiger partial charge is 0.323 e. The molecule has 2 amide bonds. The number of hydrogen-bond donors (Lipinski definition) is 2. The Balaban J connectivity index is 2.39. The van der Waals surface area contributed by atoms with E-state index in [9.17, 15) is 9.59 Å². The summed E-state index contributed by atoms with van der Waals surface area (Å²) in [6.07, 6.45) is 1.85. The van der Waals surface area contributed by atoms with Crippen molar-refractivity contribution in [2.75, 3.05) is 19.6 Å². The van der Waals surface area contributed by atoms with Gasteiger partial charge in [0.05, 0.1) is 0 Å². The van der Waals surface area contributed by atoms with Crippen LogP contribution in [0, 0.1) is 6.92 Å². The highest BCUT2D eigenvalue weighted by Gasteiger charge is 2.15. The molecular weight excluding hydrogens is 252 g/mol. The molecule has 0 fully saturated rings. The number of aromatic nitrogens is 2. The maximum absolute atomic E-state index is 11.7. The third kappa shape index (κ3) is 5.19. The van der Waals surface area contributed by atoms with Crippen molar-refractivity contribution in [3.05, 3.63) is 24.4 Å². The standard InChI is InChI=1S/C11H16N4O4/c1-3-6-15(7-10(16)17)11(18)12-5-4-9-13-8(2)14-19-9/h3H,1,4-7H2,2H3,(H,12,18)(H,16,17). The van der Waals surface area contributed by atoms with Crippen molar-refractivity contribution in [1.29, 1.82) is 0 Å². The quantitative estimate of drug-likeness (QED) is 0.684. The van der Waals surface area contributed by atoms with Crippen molar-refractivity contribution in [3.63, 3.8) is 0 Å². The maximum Gasteiger partial charge on any atom is 0.323 e. The first-order chi connectivity index (χ1) is 9.02. The second kappa shape index (κ2) is 7.14. The number of carbonyl (C=O) groups is 2. The van der Waals surface area contributed by atoms with E-state index in [2.05, 4.69) is 22.0 Å². The van der Waals surface area contributed by atoms with Crippen molar-refractivity contribution in [3.8, 4) is 0 Å². The topological polar surface area (TPSA) is 109 Å². The molecule has 0 atom stereocenters. The summed E-state index contributed by atoms with van der Waals surface area (Å²) in [6.45, 7) is 5.24. The summed E-state index contributed by atoms with van der Waals surface area (Å²) < 4.78 is 4.88. The number of nitrogens with one attached hydrogen (secondary N) is 1. The first kappa shape index (κ1) is 14.7. The molecular formula is C11H16N4O4. The number of amides is 2. The van der Waals surface area contributed by atoms with Gasteiger partial charge in [-0.3, -0.25) is 4.79 Å². The van der Waals surface area contributed by atoms with Crippen molar-refractivity contribution < 1.29 is 19.2 Å². The van der Waals surface area contributed by atoms with E-state index in [1.807, 2.05) is 0 Å². The number of carbonyl (C=O) groups excluding carboxylic acids is 1. The Morgan fingerprint density at radius 2 is 2.32 bits per heavy atom. The summed E-state index contributed by atoms with van der Waals surface area (Å²) >= 11 is 0. The molecule has 0 aliphatic carbocycles. The maximum atomic E-state index is 11.7. The molecule has 0 aliphatic rings. The predicted octanol–water partition coefficient (Wildman–Crippen LogP) is 0.203. The van der Waals surface area contributed by atoms with E-state index in [1.54, 1.807) is 6.92 Å². The average Bonchev–Trinajstić information content (AvgIpc) is 2.74. The zero-order chi connectivity index (χ0) is 14.3. The van der Waals surface area contributed by atoms with Crippen LogP contribution in [0.2, 0.25) is 0 Å². The Bertz CT molecular complexity index is 457. The molecule has 1 aromatic rings. The lowest BCUT2D eigenvalue weighted by Gasteiger charge is -2.19. The van der Waals surface area contributed by atoms with Crippen molar-refractivity contribution >= 4 is 12.0 Å². The molecule has 104 valence electrons. The lowest BCUT2D eigenvalue weighted by atomic mass is 10.4. The number of carboxylic acid groups (broad SMARTS) is 1. The molecule has 0 bridgehead atoms. The molecule has 0 saturated carbocycles. The summed E-state index contributed by atoms with van der Waals surface area (Å²) in [5.74, 6) is -0.128. The average molecular weight is 268 g/mol. The van der Waals surface area contributed by atoms with Gasteiger partial charge in [0.25, 0.3) is 0 Å². The molecule has 0 unspecified atom stereocenters. The van der Waals surface area contributed by atoms with Crippen LogP contribution in [0.5, 0.6) is 0 Å². The highest BCUT2D eigenvalue weighted by Crippen LogP contribution is 1.96. The highest BCUT2D eigenvalue weighted by atomic mass is 16.5. The van der Waals surface area contributed by atoms with Crippen LogP contribution in [0.4, 0.5) is 4.79 Å². The SMILES string of the molecule is C=CCN(CC(=O)O)C(=O)NCCc1nc(C)no1. The van der Waals surface area contributed by atoms with Gasteiger partial charge in [0, 0.05) is 19.5 Å². The summed E-state index contributed by atoms with van der Waals surface area (Å²) in [7, 11) is 0. The van der Waals surface area contributed by atoms with Gasteiger partial charge in [0.15, 0.2) is 5.82 Å². The van der Waals surface area contributed by atoms with Crippen molar-refractivity contribution in [2.24, 2.45) is 0 Å². The van der Waals surface area contributed by atoms with Crippen LogP contribution in [-0.4, -0.2) is 51.8 Å². The minimum atomic E-state index is -1.08. The molecule has 0 radical (unpaired) electrons. The van der Waals surface area contributed by atoms with E-state index >= 15 is 0 Å². The van der Waals surface area contributed by atoms with Crippen LogP contribution in [0.15, 0.2) is 17.2 Å². The van der Waals surface area contributed by atoms with E-state index in [0.717, 1.165) is 4.90 Å². The van der Waals surface area contributed by atoms with Gasteiger partial charge in [-0.15, -0.1) is 6.58 Å². The number of hydrogen-bond acceptors (Lipinski definition) is 5. The largest absolute Gasteiger partial charge is 0.480 e. The zero-order valence-corrected chi connectivity index (χ0v) is 10.6. The third-order valence-corrected chi connectivity index (χ3v) is 2.15. The van der Waals surface area contributed by atoms with Gasteiger partial charge in [-0.1, -0.05) is 11.2 Å². The molecule has 2 N–H and O–H groups in total. The fraction of sp³-hybridized carbons (Fsp3) is 0.455. The molecule has 0 aromatic carbocycles. The van der Waals surface area contributed by atoms with E-state index in [1.165, 1.54) is 6.08 Å². The van der Waals surface area contributed by atoms with Crippen LogP contribution >= 0.6 is 0 Å². The van der Waals surface area contributed by atoms with Crippen LogP contribution in [0.3, 0.4) is 0 Å². The number of nitrogens with zero attached hydrogens (tertiary/aromatic N) is 3. The third-order valence-electron chi connectivity index (χ3n) is 2.15. The fourth-order valence-corrected chi connectivity index (χ4v) is 1.37. The minimum Gasteiger partial charge on any atom is -0.480 e.